The maximum atomic E-state index is 10.9. The van der Waals surface area contributed by atoms with Crippen LogP contribution in [-0.2, 0) is 12.0 Å². The van der Waals surface area contributed by atoms with Gasteiger partial charge in [-0.05, 0) is 6.92 Å². The lowest BCUT2D eigenvalue weighted by atomic mass is 9.96. The molecule has 142 valence electrons. The van der Waals surface area contributed by atoms with Crippen molar-refractivity contribution in [2.45, 2.75) is 45.7 Å². The van der Waals surface area contributed by atoms with E-state index in [4.69, 9.17) is 4.52 Å². The fourth-order valence-corrected chi connectivity index (χ4v) is 3.15. The summed E-state index contributed by atoms with van der Waals surface area (Å²) < 4.78 is 5.35. The van der Waals surface area contributed by atoms with Crippen molar-refractivity contribution < 1.29 is 9.45 Å². The number of hydrogen-bond acceptors (Lipinski definition) is 8. The second kappa shape index (κ2) is 7.53. The van der Waals surface area contributed by atoms with Crippen LogP contribution in [0, 0.1) is 10.1 Å². The molecule has 0 spiro atoms. The minimum absolute atomic E-state index is 0.0574. The number of nitro groups is 1. The second-order valence-corrected chi connectivity index (χ2v) is 8.12. The number of nitrogens with zero attached hydrogens (tertiary/aromatic N) is 4. The van der Waals surface area contributed by atoms with Gasteiger partial charge in [0, 0.05) is 35.0 Å². The van der Waals surface area contributed by atoms with E-state index in [2.05, 4.69) is 20.4 Å². The Labute approximate surface area is 160 Å². The van der Waals surface area contributed by atoms with Gasteiger partial charge in [-0.15, -0.1) is 11.3 Å². The third-order valence-electron chi connectivity index (χ3n) is 3.93. The zero-order chi connectivity index (χ0) is 19.6. The molecule has 0 aliphatic rings. The van der Waals surface area contributed by atoms with E-state index < -0.39 is 4.92 Å². The molecule has 3 rings (SSSR count). The normalized spacial score (nSPS) is 12.9. The van der Waals surface area contributed by atoms with Crippen molar-refractivity contribution in [2.24, 2.45) is 0 Å². The molecule has 3 aromatic rings. The molecule has 1 N–H and O–H groups in total. The molecular formula is C18H21N5O3S. The Hall–Kier alpha value is -2.65. The monoisotopic (exact) mass is 387 g/mol. The number of aromatic nitrogens is 3. The first kappa shape index (κ1) is 19.1. The van der Waals surface area contributed by atoms with Gasteiger partial charge in [0.1, 0.15) is 5.01 Å². The van der Waals surface area contributed by atoms with E-state index in [0.29, 0.717) is 18.3 Å². The zero-order valence-electron chi connectivity index (χ0n) is 15.6. The highest BCUT2D eigenvalue weighted by Crippen LogP contribution is 2.27. The average Bonchev–Trinajstić information content (AvgIpc) is 3.29. The molecule has 27 heavy (non-hydrogen) atoms. The van der Waals surface area contributed by atoms with Crippen molar-refractivity contribution in [1.82, 2.24) is 20.4 Å². The Morgan fingerprint density at radius 2 is 2.11 bits per heavy atom. The molecule has 8 nitrogen and oxygen atoms in total. The van der Waals surface area contributed by atoms with Gasteiger partial charge < -0.3 is 9.84 Å². The first-order valence-electron chi connectivity index (χ1n) is 8.51. The van der Waals surface area contributed by atoms with Crippen molar-refractivity contribution in [3.63, 3.8) is 0 Å². The SMILES string of the molecule is CC(NCc1csc(-c2cccc([N+](=O)[O-])c2)n1)c1nc(C(C)(C)C)no1. The second-order valence-electron chi connectivity index (χ2n) is 7.26. The molecule has 0 fully saturated rings. The predicted molar refractivity (Wildman–Crippen MR) is 102 cm³/mol. The molecule has 0 amide bonds. The van der Waals surface area contributed by atoms with Crippen LogP contribution in [0.15, 0.2) is 34.2 Å². The van der Waals surface area contributed by atoms with E-state index in [1.165, 1.54) is 23.5 Å². The first-order chi connectivity index (χ1) is 12.7. The molecule has 1 aromatic carbocycles. The van der Waals surface area contributed by atoms with Crippen LogP contribution < -0.4 is 5.32 Å². The quantitative estimate of drug-likeness (QED) is 0.497. The van der Waals surface area contributed by atoms with Crippen LogP contribution in [0.2, 0.25) is 0 Å². The van der Waals surface area contributed by atoms with Gasteiger partial charge in [-0.2, -0.15) is 4.98 Å². The number of nitrogens with one attached hydrogen (secondary N) is 1. The summed E-state index contributed by atoms with van der Waals surface area (Å²) >= 11 is 1.45. The van der Waals surface area contributed by atoms with Gasteiger partial charge in [0.15, 0.2) is 5.82 Å². The third kappa shape index (κ3) is 4.55. The molecule has 2 heterocycles. The maximum absolute atomic E-state index is 10.9. The lowest BCUT2D eigenvalue weighted by molar-refractivity contribution is -0.384. The molecule has 0 saturated carbocycles. The van der Waals surface area contributed by atoms with Gasteiger partial charge in [-0.25, -0.2) is 4.98 Å². The van der Waals surface area contributed by atoms with E-state index in [1.807, 2.05) is 39.1 Å². The number of nitro benzene ring substituents is 1. The van der Waals surface area contributed by atoms with Crippen LogP contribution in [0.25, 0.3) is 10.6 Å². The Balaban J connectivity index is 1.65. The molecule has 0 bridgehead atoms. The minimum atomic E-state index is -0.405. The fourth-order valence-electron chi connectivity index (χ4n) is 2.33. The van der Waals surface area contributed by atoms with Crippen LogP contribution in [0.3, 0.4) is 0 Å². The summed E-state index contributed by atoms with van der Waals surface area (Å²) in [4.78, 5) is 19.5. The highest BCUT2D eigenvalue weighted by molar-refractivity contribution is 7.13. The summed E-state index contributed by atoms with van der Waals surface area (Å²) in [5, 5.41) is 21.0. The minimum Gasteiger partial charge on any atom is -0.338 e. The highest BCUT2D eigenvalue weighted by Gasteiger charge is 2.23. The number of benzene rings is 1. The third-order valence-corrected chi connectivity index (χ3v) is 4.87. The summed E-state index contributed by atoms with van der Waals surface area (Å²) in [5.74, 6) is 1.21. The largest absolute Gasteiger partial charge is 0.338 e. The van der Waals surface area contributed by atoms with Crippen LogP contribution in [0.4, 0.5) is 5.69 Å². The summed E-state index contributed by atoms with van der Waals surface area (Å²) in [6.45, 7) is 8.58. The van der Waals surface area contributed by atoms with E-state index in [-0.39, 0.29) is 17.1 Å². The van der Waals surface area contributed by atoms with Crippen molar-refractivity contribution in [3.8, 4) is 10.6 Å². The smallest absolute Gasteiger partial charge is 0.270 e. The van der Waals surface area contributed by atoms with Crippen LogP contribution in [0.5, 0.6) is 0 Å². The number of rotatable bonds is 6. The Morgan fingerprint density at radius 1 is 1.33 bits per heavy atom. The van der Waals surface area contributed by atoms with Crippen LogP contribution >= 0.6 is 11.3 Å². The van der Waals surface area contributed by atoms with Gasteiger partial charge in [-0.3, -0.25) is 10.1 Å². The highest BCUT2D eigenvalue weighted by atomic mass is 32.1. The van der Waals surface area contributed by atoms with Crippen LogP contribution in [-0.4, -0.2) is 20.0 Å². The number of hydrogen-bond donors (Lipinski definition) is 1. The summed E-state index contributed by atoms with van der Waals surface area (Å²) in [7, 11) is 0. The molecule has 2 aromatic heterocycles. The van der Waals surface area contributed by atoms with Crippen molar-refractivity contribution >= 4 is 17.0 Å². The van der Waals surface area contributed by atoms with Gasteiger partial charge in [-0.1, -0.05) is 38.1 Å². The summed E-state index contributed by atoms with van der Waals surface area (Å²) in [6.07, 6.45) is 0. The molecule has 1 unspecified atom stereocenters. The fraction of sp³-hybridized carbons (Fsp3) is 0.389. The van der Waals surface area contributed by atoms with Crippen molar-refractivity contribution in [3.05, 3.63) is 57.2 Å². The zero-order valence-corrected chi connectivity index (χ0v) is 16.4. The maximum Gasteiger partial charge on any atom is 0.270 e. The topological polar surface area (TPSA) is 107 Å². The van der Waals surface area contributed by atoms with Crippen LogP contribution in [0.1, 0.15) is 51.1 Å². The van der Waals surface area contributed by atoms with Crippen molar-refractivity contribution in [1.29, 1.82) is 0 Å². The van der Waals surface area contributed by atoms with E-state index in [0.717, 1.165) is 16.3 Å². The molecule has 0 aliphatic carbocycles. The molecule has 0 aliphatic heterocycles. The van der Waals surface area contributed by atoms with Gasteiger partial charge in [0.25, 0.3) is 5.69 Å². The van der Waals surface area contributed by atoms with E-state index >= 15 is 0 Å². The van der Waals surface area contributed by atoms with E-state index in [9.17, 15) is 10.1 Å². The predicted octanol–water partition coefficient (Wildman–Crippen LogP) is 4.25. The summed E-state index contributed by atoms with van der Waals surface area (Å²) in [6, 6.07) is 6.37. The van der Waals surface area contributed by atoms with Gasteiger partial charge in [0.05, 0.1) is 16.7 Å². The Morgan fingerprint density at radius 3 is 2.78 bits per heavy atom. The molecule has 0 saturated heterocycles. The lowest BCUT2D eigenvalue weighted by Gasteiger charge is -2.11. The molecule has 1 atom stereocenters. The number of thiazole rings is 1. The molecular weight excluding hydrogens is 366 g/mol. The Kier molecular flexibility index (Phi) is 5.33. The first-order valence-corrected chi connectivity index (χ1v) is 9.38. The molecule has 9 heteroatoms. The molecule has 0 radical (unpaired) electrons. The standard InChI is InChI=1S/C18H21N5O3S/c1-11(15-21-17(22-26-15)18(2,3)4)19-9-13-10-27-16(20-13)12-6-5-7-14(8-12)23(24)25/h5-8,10-11,19H,9H2,1-4H3. The van der Waals surface area contributed by atoms with Gasteiger partial charge >= 0.3 is 0 Å². The van der Waals surface area contributed by atoms with Gasteiger partial charge in [0.2, 0.25) is 5.89 Å². The van der Waals surface area contributed by atoms with E-state index in [1.54, 1.807) is 6.07 Å². The van der Waals surface area contributed by atoms with Crippen molar-refractivity contribution in [2.75, 3.05) is 0 Å². The summed E-state index contributed by atoms with van der Waals surface area (Å²) in [5.41, 5.74) is 1.48. The lowest BCUT2D eigenvalue weighted by Crippen LogP contribution is -2.19. The Bertz CT molecular complexity index is 944. The average molecular weight is 387 g/mol. The number of non-ortho nitro benzene ring substituents is 1.